The molecule has 0 aliphatic rings. The summed E-state index contributed by atoms with van der Waals surface area (Å²) in [7, 11) is 0. The number of likely N-dealkylation sites (N-methyl/N-ethyl adjacent to an activating group) is 1. The van der Waals surface area contributed by atoms with E-state index < -0.39 is 6.04 Å². The van der Waals surface area contributed by atoms with Crippen LogP contribution in [0.25, 0.3) is 0 Å². The molecule has 1 N–H and O–H groups in total. The SMILES string of the molecule is CCNC(=O)[C@@H](C)N(Cc1ccc(F)cc1)C(=O)COc1cc(C)cc(C)c1. The van der Waals surface area contributed by atoms with Gasteiger partial charge < -0.3 is 15.0 Å². The van der Waals surface area contributed by atoms with E-state index in [2.05, 4.69) is 5.32 Å². The number of halogens is 1. The molecule has 2 amide bonds. The smallest absolute Gasteiger partial charge is 0.261 e. The molecular formula is C22H27FN2O3. The van der Waals surface area contributed by atoms with Gasteiger partial charge in [0.1, 0.15) is 17.6 Å². The summed E-state index contributed by atoms with van der Waals surface area (Å²) in [4.78, 5) is 26.6. The minimum Gasteiger partial charge on any atom is -0.484 e. The molecule has 2 aromatic rings. The van der Waals surface area contributed by atoms with E-state index in [0.29, 0.717) is 12.3 Å². The fourth-order valence-electron chi connectivity index (χ4n) is 2.94. The van der Waals surface area contributed by atoms with Gasteiger partial charge in [0, 0.05) is 13.1 Å². The first kappa shape index (κ1) is 21.4. The van der Waals surface area contributed by atoms with Crippen molar-refractivity contribution in [1.82, 2.24) is 10.2 Å². The topological polar surface area (TPSA) is 58.6 Å². The Balaban J connectivity index is 2.14. The van der Waals surface area contributed by atoms with Crippen molar-refractivity contribution in [2.75, 3.05) is 13.2 Å². The Bertz CT molecular complexity index is 801. The molecule has 0 saturated heterocycles. The van der Waals surface area contributed by atoms with Crippen LogP contribution in [-0.2, 0) is 16.1 Å². The third kappa shape index (κ3) is 6.08. The minimum atomic E-state index is -0.680. The number of aryl methyl sites for hydroxylation is 2. The summed E-state index contributed by atoms with van der Waals surface area (Å²) in [5, 5.41) is 2.73. The fourth-order valence-corrected chi connectivity index (χ4v) is 2.94. The van der Waals surface area contributed by atoms with E-state index in [0.717, 1.165) is 16.7 Å². The van der Waals surface area contributed by atoms with Crippen LogP contribution in [0.2, 0.25) is 0 Å². The minimum absolute atomic E-state index is 0.187. The molecule has 150 valence electrons. The highest BCUT2D eigenvalue weighted by atomic mass is 19.1. The van der Waals surface area contributed by atoms with Crippen LogP contribution in [0, 0.1) is 19.7 Å². The molecule has 0 heterocycles. The van der Waals surface area contributed by atoms with Gasteiger partial charge in [-0.2, -0.15) is 0 Å². The van der Waals surface area contributed by atoms with E-state index in [-0.39, 0.29) is 30.8 Å². The Morgan fingerprint density at radius 3 is 2.29 bits per heavy atom. The van der Waals surface area contributed by atoms with Crippen LogP contribution in [0.3, 0.4) is 0 Å². The van der Waals surface area contributed by atoms with E-state index in [4.69, 9.17) is 4.74 Å². The summed E-state index contributed by atoms with van der Waals surface area (Å²) in [5.41, 5.74) is 2.82. The molecule has 0 aromatic heterocycles. The Morgan fingerprint density at radius 1 is 1.11 bits per heavy atom. The zero-order chi connectivity index (χ0) is 20.7. The number of nitrogens with one attached hydrogen (secondary N) is 1. The lowest BCUT2D eigenvalue weighted by atomic mass is 10.1. The third-order valence-corrected chi connectivity index (χ3v) is 4.34. The lowest BCUT2D eigenvalue weighted by Gasteiger charge is -2.28. The highest BCUT2D eigenvalue weighted by molar-refractivity contribution is 5.87. The van der Waals surface area contributed by atoms with E-state index >= 15 is 0 Å². The second kappa shape index (κ2) is 9.88. The number of carbonyl (C=O) groups is 2. The maximum atomic E-state index is 13.2. The normalized spacial score (nSPS) is 11.6. The van der Waals surface area contributed by atoms with Crippen molar-refractivity contribution in [3.8, 4) is 5.75 Å². The average molecular weight is 386 g/mol. The number of amides is 2. The second-order valence-corrected chi connectivity index (χ2v) is 6.83. The van der Waals surface area contributed by atoms with Crippen LogP contribution < -0.4 is 10.1 Å². The Hall–Kier alpha value is -2.89. The predicted octanol–water partition coefficient (Wildman–Crippen LogP) is 3.37. The van der Waals surface area contributed by atoms with Crippen LogP contribution in [0.1, 0.15) is 30.5 Å². The maximum Gasteiger partial charge on any atom is 0.261 e. The van der Waals surface area contributed by atoms with Gasteiger partial charge >= 0.3 is 0 Å². The molecule has 0 saturated carbocycles. The van der Waals surface area contributed by atoms with Crippen molar-refractivity contribution in [1.29, 1.82) is 0 Å². The van der Waals surface area contributed by atoms with Crippen molar-refractivity contribution >= 4 is 11.8 Å². The van der Waals surface area contributed by atoms with Gasteiger partial charge in [-0.05, 0) is 68.7 Å². The molecule has 6 heteroatoms. The maximum absolute atomic E-state index is 13.2. The van der Waals surface area contributed by atoms with Crippen LogP contribution >= 0.6 is 0 Å². The van der Waals surface area contributed by atoms with Gasteiger partial charge in [-0.3, -0.25) is 9.59 Å². The molecule has 1 atom stereocenters. The van der Waals surface area contributed by atoms with Crippen LogP contribution in [0.15, 0.2) is 42.5 Å². The van der Waals surface area contributed by atoms with Crippen molar-refractivity contribution in [3.05, 3.63) is 65.0 Å². The molecule has 0 radical (unpaired) electrons. The molecular weight excluding hydrogens is 359 g/mol. The lowest BCUT2D eigenvalue weighted by Crippen LogP contribution is -2.49. The van der Waals surface area contributed by atoms with Crippen molar-refractivity contribution in [3.63, 3.8) is 0 Å². The number of ether oxygens (including phenoxy) is 1. The lowest BCUT2D eigenvalue weighted by molar-refractivity contribution is -0.142. The molecule has 0 fully saturated rings. The highest BCUT2D eigenvalue weighted by Crippen LogP contribution is 2.17. The number of benzene rings is 2. The molecule has 0 aliphatic carbocycles. The number of nitrogens with zero attached hydrogens (tertiary/aromatic N) is 1. The summed E-state index contributed by atoms with van der Waals surface area (Å²) in [6.07, 6.45) is 0. The zero-order valence-corrected chi connectivity index (χ0v) is 16.8. The third-order valence-electron chi connectivity index (χ3n) is 4.34. The first-order valence-corrected chi connectivity index (χ1v) is 9.33. The van der Waals surface area contributed by atoms with Gasteiger partial charge in [-0.25, -0.2) is 4.39 Å². The fraction of sp³-hybridized carbons (Fsp3) is 0.364. The number of hydrogen-bond acceptors (Lipinski definition) is 3. The molecule has 0 bridgehead atoms. The predicted molar refractivity (Wildman–Crippen MR) is 107 cm³/mol. The summed E-state index contributed by atoms with van der Waals surface area (Å²) >= 11 is 0. The van der Waals surface area contributed by atoms with Gasteiger partial charge in [-0.1, -0.05) is 18.2 Å². The number of carbonyl (C=O) groups excluding carboxylic acids is 2. The molecule has 2 aromatic carbocycles. The summed E-state index contributed by atoms with van der Waals surface area (Å²) in [6, 6.07) is 10.9. The van der Waals surface area contributed by atoms with E-state index in [1.54, 1.807) is 19.1 Å². The first-order chi connectivity index (χ1) is 13.3. The van der Waals surface area contributed by atoms with Gasteiger partial charge in [-0.15, -0.1) is 0 Å². The van der Waals surface area contributed by atoms with Crippen molar-refractivity contribution in [2.24, 2.45) is 0 Å². The Labute approximate surface area is 165 Å². The molecule has 0 unspecified atom stereocenters. The van der Waals surface area contributed by atoms with Crippen LogP contribution in [0.5, 0.6) is 5.75 Å². The van der Waals surface area contributed by atoms with E-state index in [1.165, 1.54) is 17.0 Å². The first-order valence-electron chi connectivity index (χ1n) is 9.33. The quantitative estimate of drug-likeness (QED) is 0.757. The second-order valence-electron chi connectivity index (χ2n) is 6.83. The van der Waals surface area contributed by atoms with Gasteiger partial charge in [0.25, 0.3) is 5.91 Å². The summed E-state index contributed by atoms with van der Waals surface area (Å²) in [5.74, 6) is -0.304. The molecule has 5 nitrogen and oxygen atoms in total. The average Bonchev–Trinajstić information content (AvgIpc) is 2.64. The van der Waals surface area contributed by atoms with Gasteiger partial charge in [0.05, 0.1) is 0 Å². The molecule has 28 heavy (non-hydrogen) atoms. The molecule has 2 rings (SSSR count). The van der Waals surface area contributed by atoms with Crippen LogP contribution in [0.4, 0.5) is 4.39 Å². The van der Waals surface area contributed by atoms with Crippen LogP contribution in [-0.4, -0.2) is 35.9 Å². The largest absolute Gasteiger partial charge is 0.484 e. The Kier molecular flexibility index (Phi) is 7.55. The summed E-state index contributed by atoms with van der Waals surface area (Å²) in [6.45, 7) is 7.88. The standard InChI is InChI=1S/C22H27FN2O3/c1-5-24-22(27)17(4)25(13-18-6-8-19(23)9-7-18)21(26)14-28-20-11-15(2)10-16(3)12-20/h6-12,17H,5,13-14H2,1-4H3,(H,24,27)/t17-/m1/s1. The number of hydrogen-bond donors (Lipinski definition) is 1. The van der Waals surface area contributed by atoms with E-state index in [9.17, 15) is 14.0 Å². The highest BCUT2D eigenvalue weighted by Gasteiger charge is 2.26. The molecule has 0 aliphatic heterocycles. The summed E-state index contributed by atoms with van der Waals surface area (Å²) < 4.78 is 18.9. The van der Waals surface area contributed by atoms with Crippen molar-refractivity contribution < 1.29 is 18.7 Å². The van der Waals surface area contributed by atoms with Gasteiger partial charge in [0.15, 0.2) is 6.61 Å². The number of rotatable bonds is 8. The monoisotopic (exact) mass is 386 g/mol. The van der Waals surface area contributed by atoms with E-state index in [1.807, 2.05) is 39.0 Å². The molecule has 0 spiro atoms. The van der Waals surface area contributed by atoms with Crippen molar-refractivity contribution in [2.45, 2.75) is 40.3 Å². The Morgan fingerprint density at radius 2 is 1.71 bits per heavy atom. The zero-order valence-electron chi connectivity index (χ0n) is 16.8. The van der Waals surface area contributed by atoms with Gasteiger partial charge in [0.2, 0.25) is 5.91 Å².